The Morgan fingerprint density at radius 1 is 0.609 bits per heavy atom. The highest BCUT2D eigenvalue weighted by Crippen LogP contribution is 2.34. The van der Waals surface area contributed by atoms with Crippen LogP contribution in [-0.2, 0) is 5.41 Å². The Hall–Kier alpha value is -2.34. The summed E-state index contributed by atoms with van der Waals surface area (Å²) in [6.45, 7) is 9.01. The molecule has 3 aromatic rings. The summed E-state index contributed by atoms with van der Waals surface area (Å²) >= 11 is 0. The Labute approximate surface area is 139 Å². The third-order valence-electron chi connectivity index (χ3n) is 4.36. The minimum Gasteiger partial charge on any atom is -0.0622 e. The smallest absolute Gasteiger partial charge is 0.0131 e. The maximum absolute atomic E-state index is 2.34. The minimum atomic E-state index is 0.127. The lowest BCUT2D eigenvalue weighted by Gasteiger charge is -2.22. The summed E-state index contributed by atoms with van der Waals surface area (Å²) in [4.78, 5) is 0. The lowest BCUT2D eigenvalue weighted by molar-refractivity contribution is 0.590. The van der Waals surface area contributed by atoms with E-state index in [1.807, 2.05) is 0 Å². The summed E-state index contributed by atoms with van der Waals surface area (Å²) in [5.41, 5.74) is 7.99. The van der Waals surface area contributed by atoms with Crippen LogP contribution in [0.15, 0.2) is 72.8 Å². The van der Waals surface area contributed by atoms with Crippen LogP contribution in [0.5, 0.6) is 0 Å². The van der Waals surface area contributed by atoms with Gasteiger partial charge >= 0.3 is 0 Å². The molecule has 3 rings (SSSR count). The summed E-state index contributed by atoms with van der Waals surface area (Å²) in [6, 6.07) is 26.2. The maximum atomic E-state index is 2.34. The summed E-state index contributed by atoms with van der Waals surface area (Å²) in [7, 11) is 0. The molecule has 0 aliphatic heterocycles. The first-order valence-corrected chi connectivity index (χ1v) is 8.22. The van der Waals surface area contributed by atoms with Crippen molar-refractivity contribution < 1.29 is 0 Å². The Bertz CT molecular complexity index is 805. The van der Waals surface area contributed by atoms with Crippen molar-refractivity contribution in [3.8, 4) is 22.3 Å². The average Bonchev–Trinajstić information content (AvgIpc) is 2.55. The van der Waals surface area contributed by atoms with Crippen molar-refractivity contribution in [2.24, 2.45) is 0 Å². The van der Waals surface area contributed by atoms with Crippen LogP contribution in [0.4, 0.5) is 0 Å². The lowest BCUT2D eigenvalue weighted by atomic mass is 9.83. The number of aryl methyl sites for hydroxylation is 1. The van der Waals surface area contributed by atoms with Crippen molar-refractivity contribution in [1.29, 1.82) is 0 Å². The predicted octanol–water partition coefficient (Wildman–Crippen LogP) is 6.63. The maximum Gasteiger partial charge on any atom is -0.0131 e. The lowest BCUT2D eigenvalue weighted by Crippen LogP contribution is -2.11. The molecule has 0 saturated heterocycles. The standard InChI is InChI=1S/C23H24/c1-17-10-8-9-13-22(17)20-14-19(18-11-6-5-7-12-18)15-21(16-20)23(2,3)4/h5-16H,1-4H3. The van der Waals surface area contributed by atoms with E-state index in [0.29, 0.717) is 0 Å². The normalized spacial score (nSPS) is 11.5. The van der Waals surface area contributed by atoms with Gasteiger partial charge in [-0.2, -0.15) is 0 Å². The van der Waals surface area contributed by atoms with Crippen LogP contribution in [0.25, 0.3) is 22.3 Å². The molecule has 116 valence electrons. The van der Waals surface area contributed by atoms with Gasteiger partial charge in [0.15, 0.2) is 0 Å². The zero-order chi connectivity index (χ0) is 16.4. The van der Waals surface area contributed by atoms with Gasteiger partial charge in [-0.3, -0.25) is 0 Å². The van der Waals surface area contributed by atoms with Crippen molar-refractivity contribution in [3.63, 3.8) is 0 Å². The molecule has 0 amide bonds. The molecule has 0 bridgehead atoms. The molecule has 0 aliphatic rings. The van der Waals surface area contributed by atoms with Crippen LogP contribution in [0, 0.1) is 6.92 Å². The van der Waals surface area contributed by atoms with Gasteiger partial charge in [-0.25, -0.2) is 0 Å². The summed E-state index contributed by atoms with van der Waals surface area (Å²) < 4.78 is 0. The SMILES string of the molecule is Cc1ccccc1-c1cc(-c2ccccc2)cc(C(C)(C)C)c1. The number of hydrogen-bond acceptors (Lipinski definition) is 0. The highest BCUT2D eigenvalue weighted by molar-refractivity contribution is 5.76. The molecule has 0 aliphatic carbocycles. The van der Waals surface area contributed by atoms with Crippen molar-refractivity contribution >= 4 is 0 Å². The molecule has 3 aromatic carbocycles. The first kappa shape index (κ1) is 15.6. The van der Waals surface area contributed by atoms with Gasteiger partial charge in [0.05, 0.1) is 0 Å². The highest BCUT2D eigenvalue weighted by atomic mass is 14.2. The zero-order valence-electron chi connectivity index (χ0n) is 14.4. The molecule has 0 fully saturated rings. The van der Waals surface area contributed by atoms with Gasteiger partial charge in [-0.15, -0.1) is 0 Å². The largest absolute Gasteiger partial charge is 0.0622 e. The van der Waals surface area contributed by atoms with E-state index in [1.54, 1.807) is 0 Å². The fourth-order valence-electron chi connectivity index (χ4n) is 2.91. The van der Waals surface area contributed by atoms with Crippen LogP contribution in [0.2, 0.25) is 0 Å². The van der Waals surface area contributed by atoms with Gasteiger partial charge in [-0.05, 0) is 51.8 Å². The molecule has 0 saturated carbocycles. The van der Waals surface area contributed by atoms with Crippen molar-refractivity contribution in [3.05, 3.63) is 83.9 Å². The summed E-state index contributed by atoms with van der Waals surface area (Å²) in [5.74, 6) is 0. The first-order chi connectivity index (χ1) is 10.9. The van der Waals surface area contributed by atoms with E-state index in [1.165, 1.54) is 33.4 Å². The van der Waals surface area contributed by atoms with Crippen LogP contribution in [0.3, 0.4) is 0 Å². The van der Waals surface area contributed by atoms with Crippen LogP contribution >= 0.6 is 0 Å². The predicted molar refractivity (Wildman–Crippen MR) is 101 cm³/mol. The molecular weight excluding hydrogens is 276 g/mol. The molecule has 0 heteroatoms. The molecule has 0 aromatic heterocycles. The molecule has 0 N–H and O–H groups in total. The second kappa shape index (κ2) is 6.04. The van der Waals surface area contributed by atoms with Crippen molar-refractivity contribution in [1.82, 2.24) is 0 Å². The number of benzene rings is 3. The van der Waals surface area contributed by atoms with E-state index in [4.69, 9.17) is 0 Å². The summed E-state index contributed by atoms with van der Waals surface area (Å²) in [6.07, 6.45) is 0. The van der Waals surface area contributed by atoms with Gasteiger partial charge in [0, 0.05) is 0 Å². The van der Waals surface area contributed by atoms with Crippen LogP contribution in [0.1, 0.15) is 31.9 Å². The van der Waals surface area contributed by atoms with Gasteiger partial charge in [-0.1, -0.05) is 87.5 Å². The van der Waals surface area contributed by atoms with Crippen LogP contribution < -0.4 is 0 Å². The van der Waals surface area contributed by atoms with Gasteiger partial charge < -0.3 is 0 Å². The highest BCUT2D eigenvalue weighted by Gasteiger charge is 2.16. The second-order valence-electron chi connectivity index (χ2n) is 7.23. The quantitative estimate of drug-likeness (QED) is 0.498. The minimum absolute atomic E-state index is 0.127. The van der Waals surface area contributed by atoms with Gasteiger partial charge in [0.25, 0.3) is 0 Å². The number of hydrogen-bond donors (Lipinski definition) is 0. The monoisotopic (exact) mass is 300 g/mol. The van der Waals surface area contributed by atoms with E-state index in [9.17, 15) is 0 Å². The van der Waals surface area contributed by atoms with Crippen molar-refractivity contribution in [2.45, 2.75) is 33.1 Å². The van der Waals surface area contributed by atoms with E-state index < -0.39 is 0 Å². The Balaban J connectivity index is 2.23. The van der Waals surface area contributed by atoms with Gasteiger partial charge in [0.1, 0.15) is 0 Å². The molecule has 0 unspecified atom stereocenters. The molecule has 0 radical (unpaired) electrons. The van der Waals surface area contributed by atoms with Gasteiger partial charge in [0.2, 0.25) is 0 Å². The van der Waals surface area contributed by atoms with E-state index in [0.717, 1.165) is 0 Å². The Kier molecular flexibility index (Phi) is 4.09. The van der Waals surface area contributed by atoms with E-state index in [-0.39, 0.29) is 5.41 Å². The molecule has 0 nitrogen and oxygen atoms in total. The van der Waals surface area contributed by atoms with Crippen molar-refractivity contribution in [2.75, 3.05) is 0 Å². The molecule has 0 heterocycles. The average molecular weight is 300 g/mol. The zero-order valence-corrected chi connectivity index (χ0v) is 14.4. The molecular formula is C23H24. The first-order valence-electron chi connectivity index (χ1n) is 8.22. The Morgan fingerprint density at radius 3 is 1.87 bits per heavy atom. The van der Waals surface area contributed by atoms with Crippen LogP contribution in [-0.4, -0.2) is 0 Å². The van der Waals surface area contributed by atoms with E-state index >= 15 is 0 Å². The fourth-order valence-corrected chi connectivity index (χ4v) is 2.91. The number of rotatable bonds is 2. The molecule has 0 atom stereocenters. The Morgan fingerprint density at radius 2 is 1.22 bits per heavy atom. The topological polar surface area (TPSA) is 0 Å². The molecule has 23 heavy (non-hydrogen) atoms. The third-order valence-corrected chi connectivity index (χ3v) is 4.36. The molecule has 0 spiro atoms. The third kappa shape index (κ3) is 3.37. The summed E-state index contributed by atoms with van der Waals surface area (Å²) in [5, 5.41) is 0. The van der Waals surface area contributed by atoms with E-state index in [2.05, 4.69) is 100 Å². The second-order valence-corrected chi connectivity index (χ2v) is 7.23. The fraction of sp³-hybridized carbons (Fsp3) is 0.217.